The molecule has 1 amide bonds. The summed E-state index contributed by atoms with van der Waals surface area (Å²) in [6.07, 6.45) is 1.11. The molecule has 1 aliphatic heterocycles. The minimum atomic E-state index is -0.797. The molecule has 3 rings (SSSR count). The highest BCUT2D eigenvalue weighted by molar-refractivity contribution is 6.00. The molecule has 2 heterocycles. The molecule has 2 aromatic rings. The number of benzene rings is 1. The Balaban J connectivity index is 2.11. The third-order valence-electron chi connectivity index (χ3n) is 3.74. The molecule has 0 bridgehead atoms. The van der Waals surface area contributed by atoms with Gasteiger partial charge in [0.1, 0.15) is 11.9 Å². The van der Waals surface area contributed by atoms with Crippen molar-refractivity contribution in [1.29, 1.82) is 0 Å². The number of aliphatic hydroxyl groups excluding tert-OH is 1. The molecule has 0 aliphatic carbocycles. The molecule has 0 radical (unpaired) electrons. The molecule has 0 saturated carbocycles. The van der Waals surface area contributed by atoms with Crippen molar-refractivity contribution in [3.05, 3.63) is 52.5 Å². The van der Waals surface area contributed by atoms with Gasteiger partial charge in [0.25, 0.3) is 0 Å². The number of aliphatic hydroxyl groups is 1. The second kappa shape index (κ2) is 4.24. The van der Waals surface area contributed by atoms with Crippen LogP contribution in [0.5, 0.6) is 0 Å². The van der Waals surface area contributed by atoms with E-state index in [-0.39, 0.29) is 5.91 Å². The first kappa shape index (κ1) is 12.0. The maximum Gasteiger partial charge on any atom is 0.228 e. The molecule has 4 heteroatoms. The Kier molecular flexibility index (Phi) is 2.68. The van der Waals surface area contributed by atoms with Crippen LogP contribution in [0.4, 0.5) is 5.69 Å². The van der Waals surface area contributed by atoms with E-state index in [1.807, 2.05) is 19.9 Å². The van der Waals surface area contributed by atoms with Gasteiger partial charge in [0.05, 0.1) is 12.7 Å². The fourth-order valence-electron chi connectivity index (χ4n) is 2.57. The molecule has 19 heavy (non-hydrogen) atoms. The lowest BCUT2D eigenvalue weighted by Crippen LogP contribution is -2.05. The van der Waals surface area contributed by atoms with Crippen molar-refractivity contribution in [2.75, 3.05) is 5.32 Å². The van der Waals surface area contributed by atoms with Gasteiger partial charge in [-0.25, -0.2) is 0 Å². The summed E-state index contributed by atoms with van der Waals surface area (Å²) in [7, 11) is 0. The number of carbonyl (C=O) groups is 1. The van der Waals surface area contributed by atoms with E-state index in [0.29, 0.717) is 12.2 Å². The summed E-state index contributed by atoms with van der Waals surface area (Å²) in [5, 5.41) is 13.2. The summed E-state index contributed by atoms with van der Waals surface area (Å²) in [5.41, 5.74) is 4.60. The highest BCUT2D eigenvalue weighted by atomic mass is 16.4. The van der Waals surface area contributed by atoms with Gasteiger partial charge in [0, 0.05) is 5.69 Å². The monoisotopic (exact) mass is 257 g/mol. The average molecular weight is 257 g/mol. The number of amides is 1. The molecule has 1 atom stereocenters. The van der Waals surface area contributed by atoms with Crippen LogP contribution in [-0.2, 0) is 11.2 Å². The second-order valence-corrected chi connectivity index (χ2v) is 4.89. The Hall–Kier alpha value is -2.07. The fraction of sp³-hybridized carbons (Fsp3) is 0.267. The Morgan fingerprint density at radius 2 is 2.16 bits per heavy atom. The van der Waals surface area contributed by atoms with E-state index in [0.717, 1.165) is 27.9 Å². The predicted octanol–water partition coefficient (Wildman–Crippen LogP) is 2.47. The summed E-state index contributed by atoms with van der Waals surface area (Å²) >= 11 is 0. The fourth-order valence-corrected chi connectivity index (χ4v) is 2.57. The molecule has 1 aliphatic rings. The highest BCUT2D eigenvalue weighted by Crippen LogP contribution is 2.35. The zero-order valence-electron chi connectivity index (χ0n) is 10.9. The molecule has 1 aromatic carbocycles. The first-order valence-corrected chi connectivity index (χ1v) is 6.22. The SMILES string of the molecule is Cc1c(C(O)c2ccco2)cc2c(c1C)NC(=O)C2. The minimum absolute atomic E-state index is 0.00198. The largest absolute Gasteiger partial charge is 0.466 e. The van der Waals surface area contributed by atoms with Crippen LogP contribution in [-0.4, -0.2) is 11.0 Å². The first-order valence-electron chi connectivity index (χ1n) is 6.22. The van der Waals surface area contributed by atoms with Crippen LogP contribution in [0.15, 0.2) is 28.9 Å². The van der Waals surface area contributed by atoms with Crippen molar-refractivity contribution in [3.63, 3.8) is 0 Å². The van der Waals surface area contributed by atoms with E-state index < -0.39 is 6.10 Å². The normalized spacial score (nSPS) is 15.2. The lowest BCUT2D eigenvalue weighted by atomic mass is 9.93. The van der Waals surface area contributed by atoms with Crippen molar-refractivity contribution in [2.45, 2.75) is 26.4 Å². The van der Waals surface area contributed by atoms with Gasteiger partial charge in [0.15, 0.2) is 0 Å². The number of fused-ring (bicyclic) bond motifs is 1. The third kappa shape index (κ3) is 1.85. The topological polar surface area (TPSA) is 62.5 Å². The van der Waals surface area contributed by atoms with Crippen LogP contribution in [0.3, 0.4) is 0 Å². The van der Waals surface area contributed by atoms with E-state index in [1.54, 1.807) is 18.4 Å². The van der Waals surface area contributed by atoms with Gasteiger partial charge in [-0.2, -0.15) is 0 Å². The highest BCUT2D eigenvalue weighted by Gasteiger charge is 2.25. The Morgan fingerprint density at radius 1 is 1.37 bits per heavy atom. The number of carbonyl (C=O) groups excluding carboxylic acids is 1. The smallest absolute Gasteiger partial charge is 0.228 e. The molecule has 1 unspecified atom stereocenters. The summed E-state index contributed by atoms with van der Waals surface area (Å²) in [5.74, 6) is 0.516. The first-order chi connectivity index (χ1) is 9.08. The van der Waals surface area contributed by atoms with E-state index >= 15 is 0 Å². The van der Waals surface area contributed by atoms with Crippen molar-refractivity contribution < 1.29 is 14.3 Å². The summed E-state index contributed by atoms with van der Waals surface area (Å²) in [6.45, 7) is 3.90. The summed E-state index contributed by atoms with van der Waals surface area (Å²) in [6, 6.07) is 5.39. The maximum absolute atomic E-state index is 11.5. The molecule has 98 valence electrons. The zero-order chi connectivity index (χ0) is 13.6. The van der Waals surface area contributed by atoms with Gasteiger partial charge < -0.3 is 14.8 Å². The van der Waals surface area contributed by atoms with Crippen LogP contribution >= 0.6 is 0 Å². The summed E-state index contributed by atoms with van der Waals surface area (Å²) in [4.78, 5) is 11.5. The lowest BCUT2D eigenvalue weighted by Gasteiger charge is -2.16. The van der Waals surface area contributed by atoms with E-state index in [1.165, 1.54) is 0 Å². The van der Waals surface area contributed by atoms with Crippen LogP contribution in [0.25, 0.3) is 0 Å². The van der Waals surface area contributed by atoms with E-state index in [9.17, 15) is 9.90 Å². The van der Waals surface area contributed by atoms with Crippen LogP contribution < -0.4 is 5.32 Å². The predicted molar refractivity (Wildman–Crippen MR) is 71.0 cm³/mol. The molecule has 1 aromatic heterocycles. The Morgan fingerprint density at radius 3 is 2.84 bits per heavy atom. The number of nitrogens with one attached hydrogen (secondary N) is 1. The minimum Gasteiger partial charge on any atom is -0.466 e. The van der Waals surface area contributed by atoms with Crippen molar-refractivity contribution >= 4 is 11.6 Å². The molecule has 0 fully saturated rings. The second-order valence-electron chi connectivity index (χ2n) is 4.89. The van der Waals surface area contributed by atoms with Gasteiger partial charge in [-0.15, -0.1) is 0 Å². The summed E-state index contributed by atoms with van der Waals surface area (Å²) < 4.78 is 5.25. The third-order valence-corrected chi connectivity index (χ3v) is 3.74. The van der Waals surface area contributed by atoms with Crippen LogP contribution in [0.2, 0.25) is 0 Å². The molecule has 0 spiro atoms. The Labute approximate surface area is 111 Å². The maximum atomic E-state index is 11.5. The zero-order valence-corrected chi connectivity index (χ0v) is 10.9. The number of hydrogen-bond donors (Lipinski definition) is 2. The van der Waals surface area contributed by atoms with Crippen LogP contribution in [0.1, 0.15) is 34.1 Å². The number of furan rings is 1. The standard InChI is InChI=1S/C15H15NO3/c1-8-9(2)14-10(7-13(17)16-14)6-11(8)15(18)12-4-3-5-19-12/h3-6,15,18H,7H2,1-2H3,(H,16,17). The number of hydrogen-bond acceptors (Lipinski definition) is 3. The molecule has 2 N–H and O–H groups in total. The lowest BCUT2D eigenvalue weighted by molar-refractivity contribution is -0.115. The molecular weight excluding hydrogens is 242 g/mol. The van der Waals surface area contributed by atoms with Crippen LogP contribution in [0, 0.1) is 13.8 Å². The van der Waals surface area contributed by atoms with Gasteiger partial charge in [0.2, 0.25) is 5.91 Å². The van der Waals surface area contributed by atoms with Crippen molar-refractivity contribution in [3.8, 4) is 0 Å². The number of anilines is 1. The Bertz CT molecular complexity index is 644. The average Bonchev–Trinajstić information content (AvgIpc) is 3.01. The van der Waals surface area contributed by atoms with Crippen molar-refractivity contribution in [2.24, 2.45) is 0 Å². The van der Waals surface area contributed by atoms with E-state index in [2.05, 4.69) is 5.32 Å². The molecule has 0 saturated heterocycles. The van der Waals surface area contributed by atoms with Gasteiger partial charge >= 0.3 is 0 Å². The number of rotatable bonds is 2. The molecular formula is C15H15NO3. The van der Waals surface area contributed by atoms with E-state index in [4.69, 9.17) is 4.42 Å². The molecule has 4 nitrogen and oxygen atoms in total. The quantitative estimate of drug-likeness (QED) is 0.868. The van der Waals surface area contributed by atoms with Gasteiger partial charge in [-0.1, -0.05) is 0 Å². The van der Waals surface area contributed by atoms with Gasteiger partial charge in [-0.3, -0.25) is 4.79 Å². The van der Waals surface area contributed by atoms with Crippen molar-refractivity contribution in [1.82, 2.24) is 0 Å². The van der Waals surface area contributed by atoms with Gasteiger partial charge in [-0.05, 0) is 54.3 Å².